The average molecular weight is 402 g/mol. The number of hydrogen-bond donors (Lipinski definition) is 2. The van der Waals surface area contributed by atoms with Gasteiger partial charge < -0.3 is 11.1 Å². The highest BCUT2D eigenvalue weighted by molar-refractivity contribution is 7.89. The minimum Gasteiger partial charge on any atom is -0.348 e. The number of carbonyl (C=O) groups is 1. The molecule has 1 aliphatic carbocycles. The van der Waals surface area contributed by atoms with Gasteiger partial charge in [-0.15, -0.1) is 12.4 Å². The molecule has 2 fully saturated rings. The van der Waals surface area contributed by atoms with Crippen LogP contribution in [-0.4, -0.2) is 44.3 Å². The van der Waals surface area contributed by atoms with Crippen molar-refractivity contribution in [2.75, 3.05) is 19.6 Å². The molecule has 26 heavy (non-hydrogen) atoms. The Labute approximate surface area is 162 Å². The third kappa shape index (κ3) is 4.57. The summed E-state index contributed by atoms with van der Waals surface area (Å²) in [5.74, 6) is 0.202. The van der Waals surface area contributed by atoms with Crippen LogP contribution in [0.2, 0.25) is 0 Å². The molecule has 8 heteroatoms. The van der Waals surface area contributed by atoms with E-state index < -0.39 is 10.0 Å². The molecule has 3 N–H and O–H groups in total. The maximum Gasteiger partial charge on any atom is 0.251 e. The van der Waals surface area contributed by atoms with Crippen LogP contribution in [0.4, 0.5) is 0 Å². The molecule has 0 radical (unpaired) electrons. The van der Waals surface area contributed by atoms with Gasteiger partial charge in [-0.3, -0.25) is 4.79 Å². The van der Waals surface area contributed by atoms with E-state index in [1.54, 1.807) is 19.1 Å². The lowest BCUT2D eigenvalue weighted by Gasteiger charge is -2.26. The monoisotopic (exact) mass is 401 g/mol. The first-order chi connectivity index (χ1) is 11.9. The second-order valence-electron chi connectivity index (χ2n) is 7.10. The topological polar surface area (TPSA) is 92.5 Å². The lowest BCUT2D eigenvalue weighted by molar-refractivity contribution is 0.0933. The number of hydrogen-bond acceptors (Lipinski definition) is 4. The van der Waals surface area contributed by atoms with Crippen molar-refractivity contribution in [2.24, 2.45) is 11.7 Å². The molecule has 1 heterocycles. The molecule has 1 amide bonds. The highest BCUT2D eigenvalue weighted by Gasteiger charge is 2.32. The van der Waals surface area contributed by atoms with E-state index in [2.05, 4.69) is 5.32 Å². The van der Waals surface area contributed by atoms with Gasteiger partial charge in [0.05, 0.1) is 4.90 Å². The third-order valence-corrected chi connectivity index (χ3v) is 7.19. The molecule has 1 aromatic carbocycles. The van der Waals surface area contributed by atoms with Crippen molar-refractivity contribution < 1.29 is 13.2 Å². The van der Waals surface area contributed by atoms with E-state index in [1.807, 2.05) is 0 Å². The Hall–Kier alpha value is -1.15. The Kier molecular flexibility index (Phi) is 7.07. The summed E-state index contributed by atoms with van der Waals surface area (Å²) in [4.78, 5) is 12.8. The van der Waals surface area contributed by atoms with Crippen molar-refractivity contribution in [3.63, 3.8) is 0 Å². The minimum absolute atomic E-state index is 0. The molecule has 6 nitrogen and oxygen atoms in total. The number of sulfonamides is 1. The summed E-state index contributed by atoms with van der Waals surface area (Å²) in [6.45, 7) is 3.27. The van der Waals surface area contributed by atoms with E-state index in [4.69, 9.17) is 5.73 Å². The van der Waals surface area contributed by atoms with Crippen molar-refractivity contribution in [1.29, 1.82) is 0 Å². The van der Waals surface area contributed by atoms with Crippen LogP contribution >= 0.6 is 12.4 Å². The SMILES string of the molecule is Cc1ccc(C(=O)NC(CN)C2CC2)cc1S(=O)(=O)N1CCCCC1.Cl. The summed E-state index contributed by atoms with van der Waals surface area (Å²) >= 11 is 0. The number of nitrogens with zero attached hydrogens (tertiary/aromatic N) is 1. The maximum atomic E-state index is 13.0. The lowest BCUT2D eigenvalue weighted by atomic mass is 10.1. The molecule has 1 unspecified atom stereocenters. The Morgan fingerprint density at radius 3 is 2.50 bits per heavy atom. The standard InChI is InChI=1S/C18H27N3O3S.ClH/c1-13-5-6-15(18(22)20-16(12-19)14-7-8-14)11-17(13)25(23,24)21-9-3-2-4-10-21;/h5-6,11,14,16H,2-4,7-10,12,19H2,1H3,(H,20,22);1H. The largest absolute Gasteiger partial charge is 0.348 e. The zero-order valence-electron chi connectivity index (χ0n) is 15.1. The molecule has 1 saturated carbocycles. The number of nitrogens with two attached hydrogens (primary N) is 1. The number of carbonyl (C=O) groups excluding carboxylic acids is 1. The number of piperidine rings is 1. The van der Waals surface area contributed by atoms with E-state index in [0.717, 1.165) is 32.1 Å². The number of halogens is 1. The zero-order valence-corrected chi connectivity index (χ0v) is 16.7. The van der Waals surface area contributed by atoms with Gasteiger partial charge in [-0.1, -0.05) is 12.5 Å². The van der Waals surface area contributed by atoms with Crippen molar-refractivity contribution in [3.05, 3.63) is 29.3 Å². The Bertz CT molecular complexity index is 744. The van der Waals surface area contributed by atoms with Crippen LogP contribution in [0.5, 0.6) is 0 Å². The van der Waals surface area contributed by atoms with Gasteiger partial charge in [0.25, 0.3) is 5.91 Å². The molecular weight excluding hydrogens is 374 g/mol. The third-order valence-electron chi connectivity index (χ3n) is 5.14. The Morgan fingerprint density at radius 2 is 1.92 bits per heavy atom. The molecule has 3 rings (SSSR count). The lowest BCUT2D eigenvalue weighted by Crippen LogP contribution is -2.41. The van der Waals surface area contributed by atoms with Gasteiger partial charge in [-0.2, -0.15) is 4.31 Å². The number of rotatable bonds is 6. The van der Waals surface area contributed by atoms with Crippen molar-refractivity contribution >= 4 is 28.3 Å². The predicted molar refractivity (Wildman–Crippen MR) is 104 cm³/mol. The first-order valence-electron chi connectivity index (χ1n) is 9.05. The second kappa shape index (κ2) is 8.69. The average Bonchev–Trinajstić information content (AvgIpc) is 3.45. The van der Waals surface area contributed by atoms with E-state index in [0.29, 0.717) is 36.7 Å². The smallest absolute Gasteiger partial charge is 0.251 e. The highest BCUT2D eigenvalue weighted by Crippen LogP contribution is 2.32. The van der Waals surface area contributed by atoms with E-state index in [-0.39, 0.29) is 29.3 Å². The second-order valence-corrected chi connectivity index (χ2v) is 9.00. The maximum absolute atomic E-state index is 13.0. The van der Waals surface area contributed by atoms with Crippen molar-refractivity contribution in [1.82, 2.24) is 9.62 Å². The molecule has 1 atom stereocenters. The molecule has 1 aromatic rings. The van der Waals surface area contributed by atoms with Gasteiger partial charge in [-0.25, -0.2) is 8.42 Å². The molecule has 2 aliphatic rings. The fraction of sp³-hybridized carbons (Fsp3) is 0.611. The van der Waals surface area contributed by atoms with Gasteiger partial charge >= 0.3 is 0 Å². The molecule has 0 bridgehead atoms. The van der Waals surface area contributed by atoms with Crippen LogP contribution in [0.15, 0.2) is 23.1 Å². The minimum atomic E-state index is -3.56. The highest BCUT2D eigenvalue weighted by atomic mass is 35.5. The quantitative estimate of drug-likeness (QED) is 0.763. The summed E-state index contributed by atoms with van der Waals surface area (Å²) < 4.78 is 27.4. The number of benzene rings is 1. The van der Waals surface area contributed by atoms with Crippen LogP contribution in [0.25, 0.3) is 0 Å². The summed E-state index contributed by atoms with van der Waals surface area (Å²) in [6.07, 6.45) is 5.01. The fourth-order valence-electron chi connectivity index (χ4n) is 3.38. The van der Waals surface area contributed by atoms with Gasteiger partial charge in [0.1, 0.15) is 0 Å². The number of amides is 1. The van der Waals surface area contributed by atoms with Gasteiger partial charge in [-0.05, 0) is 56.2 Å². The predicted octanol–water partition coefficient (Wildman–Crippen LogP) is 2.06. The number of nitrogens with one attached hydrogen (secondary N) is 1. The first-order valence-corrected chi connectivity index (χ1v) is 10.5. The Balaban J connectivity index is 0.00000243. The van der Waals surface area contributed by atoms with Crippen LogP contribution in [-0.2, 0) is 10.0 Å². The Morgan fingerprint density at radius 1 is 1.27 bits per heavy atom. The molecule has 1 aliphatic heterocycles. The summed E-state index contributed by atoms with van der Waals surface area (Å²) in [5, 5.41) is 2.95. The molecule has 1 saturated heterocycles. The van der Waals surface area contributed by atoms with E-state index in [1.165, 1.54) is 10.4 Å². The van der Waals surface area contributed by atoms with Crippen LogP contribution < -0.4 is 11.1 Å². The van der Waals surface area contributed by atoms with Gasteiger partial charge in [0.2, 0.25) is 10.0 Å². The summed E-state index contributed by atoms with van der Waals surface area (Å²) in [6, 6.07) is 4.87. The van der Waals surface area contributed by atoms with Gasteiger partial charge in [0.15, 0.2) is 0 Å². The first kappa shape index (κ1) is 21.2. The molecular formula is C18H28ClN3O3S. The molecule has 0 spiro atoms. The van der Waals surface area contributed by atoms with E-state index in [9.17, 15) is 13.2 Å². The summed E-state index contributed by atoms with van der Waals surface area (Å²) in [7, 11) is -3.56. The van der Waals surface area contributed by atoms with Gasteiger partial charge in [0, 0.05) is 31.2 Å². The van der Waals surface area contributed by atoms with Crippen LogP contribution in [0.3, 0.4) is 0 Å². The normalized spacial score (nSPS) is 19.5. The van der Waals surface area contributed by atoms with Crippen molar-refractivity contribution in [2.45, 2.75) is 50.0 Å². The van der Waals surface area contributed by atoms with E-state index >= 15 is 0 Å². The zero-order chi connectivity index (χ0) is 18.0. The van der Waals surface area contributed by atoms with Crippen LogP contribution in [0, 0.1) is 12.8 Å². The van der Waals surface area contributed by atoms with Crippen LogP contribution in [0.1, 0.15) is 48.0 Å². The molecule has 146 valence electrons. The molecule has 0 aromatic heterocycles. The fourth-order valence-corrected chi connectivity index (χ4v) is 5.15. The van der Waals surface area contributed by atoms with Crippen molar-refractivity contribution in [3.8, 4) is 0 Å². The number of aryl methyl sites for hydroxylation is 1. The summed E-state index contributed by atoms with van der Waals surface area (Å²) in [5.41, 5.74) is 6.79.